The highest BCUT2D eigenvalue weighted by Gasteiger charge is 2.10. The van der Waals surface area contributed by atoms with Gasteiger partial charge in [-0.2, -0.15) is 5.26 Å². The van der Waals surface area contributed by atoms with E-state index in [-0.39, 0.29) is 18.6 Å². The van der Waals surface area contributed by atoms with E-state index in [4.69, 9.17) is 15.1 Å². The summed E-state index contributed by atoms with van der Waals surface area (Å²) in [5.74, 6) is 0.976. The number of nitrogens with zero attached hydrogens (tertiary/aromatic N) is 1. The molecule has 0 aromatic heterocycles. The number of nitriles is 1. The van der Waals surface area contributed by atoms with Gasteiger partial charge in [0.05, 0.1) is 11.6 Å². The molecule has 2 aromatic carbocycles. The Labute approximate surface area is 141 Å². The predicted molar refractivity (Wildman–Crippen MR) is 90.9 cm³/mol. The van der Waals surface area contributed by atoms with Gasteiger partial charge in [-0.3, -0.25) is 4.79 Å². The summed E-state index contributed by atoms with van der Waals surface area (Å²) in [5.41, 5.74) is 1.07. The molecular weight excluding hydrogens is 304 g/mol. The lowest BCUT2D eigenvalue weighted by Gasteiger charge is -2.14. The molecule has 0 saturated carbocycles. The standard InChI is InChI=1S/C19H20N2O3/c1-14(4-3-11-22)21-19(23)16-5-2-6-18(12-16)24-17-9-7-15(13-20)8-10-17/h2,5-10,12,14,22H,3-4,11H2,1H3,(H,21,23). The number of carbonyl (C=O) groups is 1. The zero-order valence-corrected chi connectivity index (χ0v) is 13.5. The molecule has 0 aliphatic rings. The zero-order chi connectivity index (χ0) is 17.4. The van der Waals surface area contributed by atoms with Crippen molar-refractivity contribution in [3.63, 3.8) is 0 Å². The van der Waals surface area contributed by atoms with Crippen LogP contribution in [0.25, 0.3) is 0 Å². The van der Waals surface area contributed by atoms with E-state index in [9.17, 15) is 4.79 Å². The minimum Gasteiger partial charge on any atom is -0.457 e. The number of aliphatic hydroxyl groups is 1. The molecule has 1 unspecified atom stereocenters. The van der Waals surface area contributed by atoms with Gasteiger partial charge in [-0.25, -0.2) is 0 Å². The second-order valence-corrected chi connectivity index (χ2v) is 5.51. The SMILES string of the molecule is CC(CCCO)NC(=O)c1cccc(Oc2ccc(C#N)cc2)c1. The fourth-order valence-corrected chi connectivity index (χ4v) is 2.21. The van der Waals surface area contributed by atoms with Crippen LogP contribution in [0.3, 0.4) is 0 Å². The molecule has 1 amide bonds. The quantitative estimate of drug-likeness (QED) is 0.819. The third-order valence-electron chi connectivity index (χ3n) is 3.49. The van der Waals surface area contributed by atoms with Gasteiger partial charge in [-0.1, -0.05) is 6.07 Å². The smallest absolute Gasteiger partial charge is 0.251 e. The lowest BCUT2D eigenvalue weighted by Crippen LogP contribution is -2.32. The number of nitrogens with one attached hydrogen (secondary N) is 1. The second-order valence-electron chi connectivity index (χ2n) is 5.51. The lowest BCUT2D eigenvalue weighted by molar-refractivity contribution is 0.0936. The molecule has 5 nitrogen and oxygen atoms in total. The van der Waals surface area contributed by atoms with Gasteiger partial charge in [0.2, 0.25) is 0 Å². The van der Waals surface area contributed by atoms with Crippen molar-refractivity contribution in [1.29, 1.82) is 5.26 Å². The summed E-state index contributed by atoms with van der Waals surface area (Å²) in [6.45, 7) is 2.03. The minimum atomic E-state index is -0.175. The van der Waals surface area contributed by atoms with E-state index >= 15 is 0 Å². The van der Waals surface area contributed by atoms with Crippen molar-refractivity contribution in [3.05, 3.63) is 59.7 Å². The van der Waals surface area contributed by atoms with Crippen molar-refractivity contribution in [2.45, 2.75) is 25.8 Å². The first-order valence-electron chi connectivity index (χ1n) is 7.82. The Balaban J connectivity index is 2.02. The van der Waals surface area contributed by atoms with E-state index in [0.717, 1.165) is 6.42 Å². The average molecular weight is 324 g/mol. The third kappa shape index (κ3) is 5.11. The third-order valence-corrected chi connectivity index (χ3v) is 3.49. The molecule has 0 aliphatic heterocycles. The number of hydrogen-bond acceptors (Lipinski definition) is 4. The van der Waals surface area contributed by atoms with Gasteiger partial charge in [0.15, 0.2) is 0 Å². The van der Waals surface area contributed by atoms with Gasteiger partial charge < -0.3 is 15.2 Å². The van der Waals surface area contributed by atoms with Crippen LogP contribution < -0.4 is 10.1 Å². The van der Waals surface area contributed by atoms with Crippen LogP contribution in [-0.2, 0) is 0 Å². The summed E-state index contributed by atoms with van der Waals surface area (Å²) >= 11 is 0. The number of amides is 1. The Bertz CT molecular complexity index is 720. The largest absolute Gasteiger partial charge is 0.457 e. The van der Waals surface area contributed by atoms with Gasteiger partial charge in [0.25, 0.3) is 5.91 Å². The van der Waals surface area contributed by atoms with E-state index < -0.39 is 0 Å². The van der Waals surface area contributed by atoms with Crippen LogP contribution in [0.15, 0.2) is 48.5 Å². The molecule has 1 atom stereocenters. The van der Waals surface area contributed by atoms with Crippen molar-refractivity contribution >= 4 is 5.91 Å². The maximum Gasteiger partial charge on any atom is 0.251 e. The van der Waals surface area contributed by atoms with Crippen LogP contribution in [0.4, 0.5) is 0 Å². The van der Waals surface area contributed by atoms with Crippen molar-refractivity contribution < 1.29 is 14.6 Å². The Morgan fingerprint density at radius 3 is 2.67 bits per heavy atom. The first kappa shape index (κ1) is 17.5. The highest BCUT2D eigenvalue weighted by Crippen LogP contribution is 2.22. The van der Waals surface area contributed by atoms with Crippen LogP contribution in [0.5, 0.6) is 11.5 Å². The molecule has 0 saturated heterocycles. The molecule has 0 radical (unpaired) electrons. The fraction of sp³-hybridized carbons (Fsp3) is 0.263. The van der Waals surface area contributed by atoms with Crippen LogP contribution in [-0.4, -0.2) is 23.7 Å². The van der Waals surface area contributed by atoms with Gasteiger partial charge in [0, 0.05) is 18.2 Å². The molecule has 124 valence electrons. The van der Waals surface area contributed by atoms with E-state index in [1.165, 1.54) is 0 Å². The van der Waals surface area contributed by atoms with Gasteiger partial charge in [0.1, 0.15) is 11.5 Å². The molecule has 0 spiro atoms. The highest BCUT2D eigenvalue weighted by molar-refractivity contribution is 5.94. The molecular formula is C19H20N2O3. The van der Waals surface area contributed by atoms with Crippen LogP contribution >= 0.6 is 0 Å². The number of carbonyl (C=O) groups excluding carboxylic acids is 1. The molecule has 0 heterocycles. The predicted octanol–water partition coefficient (Wildman–Crippen LogP) is 3.24. The highest BCUT2D eigenvalue weighted by atomic mass is 16.5. The zero-order valence-electron chi connectivity index (χ0n) is 13.5. The normalized spacial score (nSPS) is 11.4. The molecule has 2 N–H and O–H groups in total. The summed E-state index contributed by atoms with van der Waals surface area (Å²) in [4.78, 5) is 12.2. The molecule has 2 rings (SSSR count). The Morgan fingerprint density at radius 1 is 1.25 bits per heavy atom. The fourth-order valence-electron chi connectivity index (χ4n) is 2.21. The molecule has 0 fully saturated rings. The van der Waals surface area contributed by atoms with E-state index in [1.54, 1.807) is 48.5 Å². The summed E-state index contributed by atoms with van der Waals surface area (Å²) < 4.78 is 5.72. The number of rotatable bonds is 7. The summed E-state index contributed by atoms with van der Waals surface area (Å²) in [5, 5.41) is 20.5. The summed E-state index contributed by atoms with van der Waals surface area (Å²) in [6.07, 6.45) is 1.38. The first-order chi connectivity index (χ1) is 11.6. The topological polar surface area (TPSA) is 82.3 Å². The molecule has 5 heteroatoms. The van der Waals surface area contributed by atoms with E-state index in [2.05, 4.69) is 11.4 Å². The number of aliphatic hydroxyl groups excluding tert-OH is 1. The average Bonchev–Trinajstić information content (AvgIpc) is 2.61. The summed E-state index contributed by atoms with van der Waals surface area (Å²) in [7, 11) is 0. The van der Waals surface area contributed by atoms with Crippen molar-refractivity contribution in [3.8, 4) is 17.6 Å². The number of benzene rings is 2. The molecule has 0 aliphatic carbocycles. The maximum absolute atomic E-state index is 12.2. The van der Waals surface area contributed by atoms with Crippen LogP contribution in [0.2, 0.25) is 0 Å². The monoisotopic (exact) mass is 324 g/mol. The lowest BCUT2D eigenvalue weighted by atomic mass is 10.1. The molecule has 24 heavy (non-hydrogen) atoms. The van der Waals surface area contributed by atoms with Crippen LogP contribution in [0, 0.1) is 11.3 Å². The minimum absolute atomic E-state index is 0.00671. The van der Waals surface area contributed by atoms with Gasteiger partial charge >= 0.3 is 0 Å². The van der Waals surface area contributed by atoms with Gasteiger partial charge in [-0.15, -0.1) is 0 Å². The Hall–Kier alpha value is -2.84. The van der Waals surface area contributed by atoms with Gasteiger partial charge in [-0.05, 0) is 62.2 Å². The maximum atomic E-state index is 12.2. The van der Waals surface area contributed by atoms with Crippen LogP contribution in [0.1, 0.15) is 35.7 Å². The van der Waals surface area contributed by atoms with E-state index in [0.29, 0.717) is 29.0 Å². The Morgan fingerprint density at radius 2 is 2.00 bits per heavy atom. The van der Waals surface area contributed by atoms with Crippen molar-refractivity contribution in [2.24, 2.45) is 0 Å². The molecule has 0 bridgehead atoms. The second kappa shape index (κ2) is 8.70. The molecule has 2 aromatic rings. The summed E-state index contributed by atoms with van der Waals surface area (Å²) in [6, 6.07) is 15.7. The van der Waals surface area contributed by atoms with Crippen molar-refractivity contribution in [2.75, 3.05) is 6.61 Å². The first-order valence-corrected chi connectivity index (χ1v) is 7.82. The number of ether oxygens (including phenoxy) is 1. The Kier molecular flexibility index (Phi) is 6.35. The van der Waals surface area contributed by atoms with E-state index in [1.807, 2.05) is 6.92 Å². The number of hydrogen-bond donors (Lipinski definition) is 2. The van der Waals surface area contributed by atoms with Crippen molar-refractivity contribution in [1.82, 2.24) is 5.32 Å².